The van der Waals surface area contributed by atoms with E-state index in [2.05, 4.69) is 20.6 Å². The Morgan fingerprint density at radius 3 is 2.30 bits per heavy atom. The third-order valence-corrected chi connectivity index (χ3v) is 8.07. The van der Waals surface area contributed by atoms with Crippen molar-refractivity contribution < 1.29 is 31.6 Å². The van der Waals surface area contributed by atoms with Crippen LogP contribution in [0.1, 0.15) is 40.6 Å². The van der Waals surface area contributed by atoms with E-state index in [1.165, 1.54) is 30.5 Å². The third kappa shape index (κ3) is 6.90. The van der Waals surface area contributed by atoms with Crippen molar-refractivity contribution in [3.63, 3.8) is 0 Å². The van der Waals surface area contributed by atoms with Crippen LogP contribution in [0.2, 0.25) is 0 Å². The molecule has 4 heterocycles. The lowest BCUT2D eigenvalue weighted by Gasteiger charge is -2.35. The number of para-hydroxylation sites is 1. The molecule has 46 heavy (non-hydrogen) atoms. The van der Waals surface area contributed by atoms with E-state index >= 15 is 0 Å². The van der Waals surface area contributed by atoms with Crippen LogP contribution in [0, 0.1) is 5.82 Å². The van der Waals surface area contributed by atoms with Crippen molar-refractivity contribution in [1.82, 2.24) is 14.9 Å². The van der Waals surface area contributed by atoms with Crippen molar-refractivity contribution in [2.75, 3.05) is 59.7 Å². The van der Waals surface area contributed by atoms with Crippen molar-refractivity contribution in [2.24, 2.45) is 0 Å². The van der Waals surface area contributed by atoms with Gasteiger partial charge in [-0.2, -0.15) is 18.2 Å². The van der Waals surface area contributed by atoms with E-state index in [1.54, 1.807) is 21.9 Å². The smallest absolute Gasteiger partial charge is 0.417 e. The molecule has 2 aromatic carbocycles. The van der Waals surface area contributed by atoms with Crippen LogP contribution in [0.3, 0.4) is 0 Å². The first-order valence-corrected chi connectivity index (χ1v) is 14.9. The minimum absolute atomic E-state index is 0.0945. The van der Waals surface area contributed by atoms with Crippen molar-refractivity contribution in [3.8, 4) is 0 Å². The number of halogens is 4. The Morgan fingerprint density at radius 2 is 1.61 bits per heavy atom. The number of oxazole rings is 1. The molecule has 2 aromatic heterocycles. The molecule has 0 spiro atoms. The van der Waals surface area contributed by atoms with Gasteiger partial charge in [-0.3, -0.25) is 4.79 Å². The van der Waals surface area contributed by atoms with Gasteiger partial charge in [-0.05, 0) is 42.7 Å². The van der Waals surface area contributed by atoms with Gasteiger partial charge in [-0.15, -0.1) is 0 Å². The van der Waals surface area contributed by atoms with Crippen LogP contribution < -0.4 is 20.4 Å². The molecule has 2 aliphatic rings. The number of piperazine rings is 1. The molecule has 2 saturated heterocycles. The Labute approximate surface area is 262 Å². The number of pyridine rings is 1. The molecule has 0 saturated carbocycles. The number of nitrogens with one attached hydrogen (secondary N) is 2. The summed E-state index contributed by atoms with van der Waals surface area (Å²) < 4.78 is 61.2. The zero-order valence-corrected chi connectivity index (χ0v) is 24.6. The summed E-state index contributed by atoms with van der Waals surface area (Å²) in [6, 6.07) is 18.1. The number of piperidine rings is 1. The summed E-state index contributed by atoms with van der Waals surface area (Å²) in [6.07, 6.45) is -1.95. The number of urea groups is 1. The average Bonchev–Trinajstić information content (AvgIpc) is 3.54. The van der Waals surface area contributed by atoms with Crippen LogP contribution in [-0.2, 0) is 6.18 Å². The second kappa shape index (κ2) is 13.1. The summed E-state index contributed by atoms with van der Waals surface area (Å²) >= 11 is 0. The topological polar surface area (TPSA) is 107 Å². The molecule has 0 aliphatic carbocycles. The number of rotatable bonds is 6. The van der Waals surface area contributed by atoms with Gasteiger partial charge in [0.1, 0.15) is 11.6 Å². The van der Waals surface area contributed by atoms with Crippen LogP contribution in [-0.4, -0.2) is 66.1 Å². The number of amides is 3. The molecular weight excluding hydrogens is 606 g/mol. The zero-order valence-electron chi connectivity index (χ0n) is 24.6. The van der Waals surface area contributed by atoms with Crippen LogP contribution in [0.4, 0.5) is 45.6 Å². The Hall–Kier alpha value is -5.14. The number of alkyl halides is 3. The number of hydrogen-bond donors (Lipinski definition) is 2. The van der Waals surface area contributed by atoms with Gasteiger partial charge < -0.3 is 29.8 Å². The molecule has 14 heteroatoms. The number of benzene rings is 2. The van der Waals surface area contributed by atoms with E-state index in [9.17, 15) is 27.2 Å². The van der Waals surface area contributed by atoms with Gasteiger partial charge in [-0.25, -0.2) is 14.2 Å². The van der Waals surface area contributed by atoms with Gasteiger partial charge in [0, 0.05) is 45.2 Å². The van der Waals surface area contributed by atoms with Gasteiger partial charge in [0.15, 0.2) is 5.69 Å². The Kier molecular flexibility index (Phi) is 8.77. The summed E-state index contributed by atoms with van der Waals surface area (Å²) in [7, 11) is 0. The molecule has 6 rings (SSSR count). The first-order valence-electron chi connectivity index (χ1n) is 14.9. The second-order valence-electron chi connectivity index (χ2n) is 11.1. The van der Waals surface area contributed by atoms with E-state index in [-0.39, 0.29) is 23.3 Å². The summed E-state index contributed by atoms with van der Waals surface area (Å²) in [5.74, 6) is -1.88. The predicted molar refractivity (Wildman–Crippen MR) is 164 cm³/mol. The molecule has 0 radical (unpaired) electrons. The molecule has 4 aromatic rings. The molecule has 1 atom stereocenters. The fourth-order valence-electron chi connectivity index (χ4n) is 5.67. The minimum Gasteiger partial charge on any atom is -0.417 e. The lowest BCUT2D eigenvalue weighted by molar-refractivity contribution is -0.141. The summed E-state index contributed by atoms with van der Waals surface area (Å²) in [5.41, 5.74) is -0.0367. The van der Waals surface area contributed by atoms with Gasteiger partial charge in [-0.1, -0.05) is 42.5 Å². The van der Waals surface area contributed by atoms with Gasteiger partial charge in [0.05, 0.1) is 17.6 Å². The van der Waals surface area contributed by atoms with Crippen LogP contribution in [0.5, 0.6) is 0 Å². The molecule has 0 unspecified atom stereocenters. The second-order valence-corrected chi connectivity index (χ2v) is 11.1. The van der Waals surface area contributed by atoms with Crippen molar-refractivity contribution in [3.05, 3.63) is 95.8 Å². The van der Waals surface area contributed by atoms with Crippen LogP contribution in [0.15, 0.2) is 77.3 Å². The average molecular weight is 638 g/mol. The van der Waals surface area contributed by atoms with Gasteiger partial charge >= 0.3 is 12.2 Å². The number of anilines is 4. The number of aromatic nitrogens is 2. The largest absolute Gasteiger partial charge is 0.437 e. The summed E-state index contributed by atoms with van der Waals surface area (Å²) in [4.78, 5) is 38.8. The Bertz CT molecular complexity index is 1670. The first kappa shape index (κ1) is 30.9. The Balaban J connectivity index is 1.08. The molecule has 240 valence electrons. The van der Waals surface area contributed by atoms with Crippen molar-refractivity contribution >= 4 is 35.1 Å². The van der Waals surface area contributed by atoms with E-state index in [0.717, 1.165) is 18.4 Å². The maximum absolute atomic E-state index is 13.9. The monoisotopic (exact) mass is 637 g/mol. The standard InChI is InChI=1S/C32H31F4N7O3/c33-24-10-4-5-11-25(24)39-30(45)42-17-15-41(16-18-42)26-13-12-23(19-37-26)38-29(44)27-28(32(34,35)36)40-31(46-27)43-14-6-9-22(20-43)21-7-2-1-3-8-21/h1-5,7-8,10-13,19,22H,6,9,14-18,20H2,(H,38,44)(H,39,45)/t22-/m0/s1. The maximum atomic E-state index is 13.9. The highest BCUT2D eigenvalue weighted by atomic mass is 19.4. The highest BCUT2D eigenvalue weighted by Gasteiger charge is 2.42. The van der Waals surface area contributed by atoms with Gasteiger partial charge in [0.25, 0.3) is 11.9 Å². The fourth-order valence-corrected chi connectivity index (χ4v) is 5.67. The van der Waals surface area contributed by atoms with Crippen LogP contribution >= 0.6 is 0 Å². The Morgan fingerprint density at radius 1 is 0.870 bits per heavy atom. The fraction of sp³-hybridized carbons (Fsp3) is 0.312. The molecule has 3 amide bonds. The quantitative estimate of drug-likeness (QED) is 0.242. The van der Waals surface area contributed by atoms with E-state index in [4.69, 9.17) is 4.42 Å². The molecule has 2 fully saturated rings. The van der Waals surface area contributed by atoms with E-state index in [0.29, 0.717) is 45.1 Å². The lowest BCUT2D eigenvalue weighted by atomic mass is 9.91. The van der Waals surface area contributed by atoms with E-state index < -0.39 is 35.4 Å². The number of nitrogens with zero attached hydrogens (tertiary/aromatic N) is 5. The van der Waals surface area contributed by atoms with Crippen LogP contribution in [0.25, 0.3) is 0 Å². The van der Waals surface area contributed by atoms with Crippen molar-refractivity contribution in [1.29, 1.82) is 0 Å². The highest BCUT2D eigenvalue weighted by molar-refractivity contribution is 6.03. The zero-order chi connectivity index (χ0) is 32.3. The normalized spacial score (nSPS) is 17.1. The molecule has 0 bridgehead atoms. The first-order chi connectivity index (χ1) is 22.2. The molecule has 10 nitrogen and oxygen atoms in total. The number of hydrogen-bond acceptors (Lipinski definition) is 7. The molecule has 2 aliphatic heterocycles. The maximum Gasteiger partial charge on any atom is 0.437 e. The SMILES string of the molecule is O=C(Nc1ccc(N2CCN(C(=O)Nc3ccccc3F)CC2)nc1)c1oc(N2CCC[C@H](c3ccccc3)C2)nc1C(F)(F)F. The molecule has 2 N–H and O–H groups in total. The van der Waals surface area contributed by atoms with Gasteiger partial charge in [0.2, 0.25) is 5.76 Å². The summed E-state index contributed by atoms with van der Waals surface area (Å²) in [5, 5.41) is 5.01. The van der Waals surface area contributed by atoms with E-state index in [1.807, 2.05) is 35.2 Å². The third-order valence-electron chi connectivity index (χ3n) is 8.07. The van der Waals surface area contributed by atoms with Crippen molar-refractivity contribution in [2.45, 2.75) is 24.9 Å². The predicted octanol–water partition coefficient (Wildman–Crippen LogP) is 6.22. The number of carbonyl (C=O) groups excluding carboxylic acids is 2. The minimum atomic E-state index is -4.90. The lowest BCUT2D eigenvalue weighted by Crippen LogP contribution is -2.50. The highest BCUT2D eigenvalue weighted by Crippen LogP contribution is 2.36. The number of carbonyl (C=O) groups is 2. The summed E-state index contributed by atoms with van der Waals surface area (Å²) in [6.45, 7) is 2.48. The molecular formula is C32H31F4N7O3.